The highest BCUT2D eigenvalue weighted by Gasteiger charge is 2.30. The van der Waals surface area contributed by atoms with Crippen LogP contribution in [-0.4, -0.2) is 36.6 Å². The van der Waals surface area contributed by atoms with Crippen LogP contribution in [0, 0.1) is 5.92 Å². The number of rotatable bonds is 5. The van der Waals surface area contributed by atoms with Gasteiger partial charge in [0.1, 0.15) is 0 Å². The van der Waals surface area contributed by atoms with Crippen LogP contribution in [0.5, 0.6) is 0 Å². The van der Waals surface area contributed by atoms with E-state index in [2.05, 4.69) is 10.2 Å². The summed E-state index contributed by atoms with van der Waals surface area (Å²) in [5.74, 6) is 0.816. The highest BCUT2D eigenvalue weighted by molar-refractivity contribution is 5.85. The summed E-state index contributed by atoms with van der Waals surface area (Å²) in [5, 5.41) is 3.28. The number of hydrogen-bond donors (Lipinski definition) is 2. The van der Waals surface area contributed by atoms with Crippen molar-refractivity contribution in [2.45, 2.75) is 63.2 Å². The minimum atomic E-state index is -4.29. The first-order chi connectivity index (χ1) is 12.4. The fourth-order valence-corrected chi connectivity index (χ4v) is 4.16. The third kappa shape index (κ3) is 7.62. The summed E-state index contributed by atoms with van der Waals surface area (Å²) in [7, 11) is 0. The molecule has 0 unspecified atom stereocenters. The quantitative estimate of drug-likeness (QED) is 0.648. The minimum Gasteiger partial charge on any atom is -0.382 e. The standard InChI is InChI=1S/C20H30F3N3.2ClH/c21-20(22,23)16-2-1-3-19(14-16)25-18-9-12-26(13-10-18)11-8-15-4-6-17(24)7-5-15;;/h1-3,14-15,17-18,25H,4-13,24H2;2*1H/t15-,17-;;. The lowest BCUT2D eigenvalue weighted by atomic mass is 9.84. The van der Waals surface area contributed by atoms with Crippen molar-refractivity contribution < 1.29 is 13.2 Å². The third-order valence-corrected chi connectivity index (χ3v) is 5.89. The van der Waals surface area contributed by atoms with Gasteiger partial charge in [-0.2, -0.15) is 13.2 Å². The molecule has 0 amide bonds. The van der Waals surface area contributed by atoms with Crippen molar-refractivity contribution in [3.63, 3.8) is 0 Å². The summed E-state index contributed by atoms with van der Waals surface area (Å²) < 4.78 is 38.4. The molecular weight excluding hydrogens is 410 g/mol. The molecule has 0 bridgehead atoms. The van der Waals surface area contributed by atoms with Crippen molar-refractivity contribution in [2.75, 3.05) is 25.0 Å². The van der Waals surface area contributed by atoms with Crippen LogP contribution in [0.2, 0.25) is 0 Å². The van der Waals surface area contributed by atoms with Crippen molar-refractivity contribution >= 4 is 30.5 Å². The maximum atomic E-state index is 12.8. The predicted molar refractivity (Wildman–Crippen MR) is 114 cm³/mol. The van der Waals surface area contributed by atoms with Crippen LogP contribution in [0.3, 0.4) is 0 Å². The van der Waals surface area contributed by atoms with E-state index < -0.39 is 11.7 Å². The van der Waals surface area contributed by atoms with Gasteiger partial charge in [0.2, 0.25) is 0 Å². The smallest absolute Gasteiger partial charge is 0.382 e. The Morgan fingerprint density at radius 3 is 2.25 bits per heavy atom. The van der Waals surface area contributed by atoms with Crippen molar-refractivity contribution in [2.24, 2.45) is 11.7 Å². The van der Waals surface area contributed by atoms with Crippen molar-refractivity contribution in [1.29, 1.82) is 0 Å². The van der Waals surface area contributed by atoms with E-state index in [1.807, 2.05) is 0 Å². The van der Waals surface area contributed by atoms with Crippen LogP contribution >= 0.6 is 24.8 Å². The second-order valence-corrected chi connectivity index (χ2v) is 7.91. The summed E-state index contributed by atoms with van der Waals surface area (Å²) in [5.41, 5.74) is 5.94. The lowest BCUT2D eigenvalue weighted by Crippen LogP contribution is -2.40. The molecule has 1 aliphatic carbocycles. The molecule has 2 fully saturated rings. The number of anilines is 1. The molecule has 1 aromatic rings. The molecule has 3 rings (SSSR count). The van der Waals surface area contributed by atoms with Gasteiger partial charge >= 0.3 is 6.18 Å². The third-order valence-electron chi connectivity index (χ3n) is 5.89. The summed E-state index contributed by atoms with van der Waals surface area (Å²) in [6.45, 7) is 3.17. The molecule has 1 saturated carbocycles. The van der Waals surface area contributed by atoms with Crippen LogP contribution in [0.15, 0.2) is 24.3 Å². The molecule has 28 heavy (non-hydrogen) atoms. The Bertz CT molecular complexity index is 570. The monoisotopic (exact) mass is 441 g/mol. The van der Waals surface area contributed by atoms with Gasteiger partial charge in [0.25, 0.3) is 0 Å². The fourth-order valence-electron chi connectivity index (χ4n) is 4.16. The van der Waals surface area contributed by atoms with Crippen molar-refractivity contribution in [3.05, 3.63) is 29.8 Å². The highest BCUT2D eigenvalue weighted by atomic mass is 35.5. The van der Waals surface area contributed by atoms with Gasteiger partial charge in [0, 0.05) is 30.9 Å². The highest BCUT2D eigenvalue weighted by Crippen LogP contribution is 2.31. The van der Waals surface area contributed by atoms with Crippen molar-refractivity contribution in [3.8, 4) is 0 Å². The second kappa shape index (κ2) is 11.5. The first kappa shape index (κ1) is 25.3. The first-order valence-electron chi connectivity index (χ1n) is 9.82. The number of nitrogens with two attached hydrogens (primary N) is 1. The van der Waals surface area contributed by atoms with E-state index in [9.17, 15) is 13.2 Å². The fraction of sp³-hybridized carbons (Fsp3) is 0.700. The predicted octanol–water partition coefficient (Wildman–Crippen LogP) is 5.33. The van der Waals surface area contributed by atoms with Gasteiger partial charge in [-0.3, -0.25) is 0 Å². The molecule has 0 aromatic heterocycles. The topological polar surface area (TPSA) is 41.3 Å². The van der Waals surface area contributed by atoms with Crippen LogP contribution in [-0.2, 0) is 6.18 Å². The Labute approximate surface area is 178 Å². The van der Waals surface area contributed by atoms with E-state index in [1.54, 1.807) is 6.07 Å². The molecule has 1 heterocycles. The van der Waals surface area contributed by atoms with Gasteiger partial charge in [-0.1, -0.05) is 6.07 Å². The lowest BCUT2D eigenvalue weighted by molar-refractivity contribution is -0.137. The number of piperidine rings is 1. The van der Waals surface area contributed by atoms with E-state index in [0.29, 0.717) is 11.7 Å². The number of halogens is 5. The van der Waals surface area contributed by atoms with Gasteiger partial charge < -0.3 is 16.0 Å². The number of benzene rings is 1. The largest absolute Gasteiger partial charge is 0.416 e. The molecule has 3 nitrogen and oxygen atoms in total. The molecule has 0 spiro atoms. The van der Waals surface area contributed by atoms with Gasteiger partial charge in [-0.15, -0.1) is 24.8 Å². The molecule has 0 atom stereocenters. The van der Waals surface area contributed by atoms with Gasteiger partial charge in [0.05, 0.1) is 5.56 Å². The zero-order chi connectivity index (χ0) is 18.6. The average molecular weight is 442 g/mol. The Hall–Kier alpha value is -0.690. The minimum absolute atomic E-state index is 0. The Kier molecular flexibility index (Phi) is 10.4. The molecule has 1 aromatic carbocycles. The molecular formula is C20H32Cl2F3N3. The number of nitrogens with zero attached hydrogens (tertiary/aromatic N) is 1. The van der Waals surface area contributed by atoms with Crippen LogP contribution < -0.4 is 11.1 Å². The number of likely N-dealkylation sites (tertiary alicyclic amines) is 1. The molecule has 8 heteroatoms. The van der Waals surface area contributed by atoms with E-state index in [4.69, 9.17) is 5.73 Å². The lowest BCUT2D eigenvalue weighted by Gasteiger charge is -2.34. The van der Waals surface area contributed by atoms with Gasteiger partial charge in [-0.25, -0.2) is 0 Å². The number of alkyl halides is 3. The molecule has 162 valence electrons. The van der Waals surface area contributed by atoms with E-state index in [-0.39, 0.29) is 30.9 Å². The normalized spacial score (nSPS) is 24.1. The maximum Gasteiger partial charge on any atom is 0.416 e. The van der Waals surface area contributed by atoms with E-state index in [1.165, 1.54) is 31.4 Å². The summed E-state index contributed by atoms with van der Waals surface area (Å²) in [6, 6.07) is 6.17. The summed E-state index contributed by atoms with van der Waals surface area (Å²) in [6.07, 6.45) is 3.75. The number of nitrogens with one attached hydrogen (secondary N) is 1. The van der Waals surface area contributed by atoms with Crippen molar-refractivity contribution in [1.82, 2.24) is 4.90 Å². The maximum absolute atomic E-state index is 12.8. The van der Waals surface area contributed by atoms with E-state index in [0.717, 1.165) is 57.3 Å². The molecule has 1 saturated heterocycles. The SMILES string of the molecule is Cl.Cl.N[C@H]1CC[C@H](CCN2CCC(Nc3cccc(C(F)(F)F)c3)CC2)CC1. The average Bonchev–Trinajstić information content (AvgIpc) is 2.62. The number of hydrogen-bond acceptors (Lipinski definition) is 3. The molecule has 1 aliphatic heterocycles. The molecule has 0 radical (unpaired) electrons. The van der Waals surface area contributed by atoms with Gasteiger partial charge in [-0.05, 0) is 75.6 Å². The second-order valence-electron chi connectivity index (χ2n) is 7.91. The Balaban J connectivity index is 0.00000196. The summed E-state index contributed by atoms with van der Waals surface area (Å²) >= 11 is 0. The zero-order valence-electron chi connectivity index (χ0n) is 16.1. The van der Waals surface area contributed by atoms with E-state index >= 15 is 0 Å². The summed E-state index contributed by atoms with van der Waals surface area (Å²) in [4.78, 5) is 2.50. The Morgan fingerprint density at radius 2 is 1.64 bits per heavy atom. The van der Waals surface area contributed by atoms with Gasteiger partial charge in [0.15, 0.2) is 0 Å². The zero-order valence-corrected chi connectivity index (χ0v) is 17.7. The Morgan fingerprint density at radius 1 is 1.00 bits per heavy atom. The molecule has 3 N–H and O–H groups in total. The van der Waals surface area contributed by atoms with Crippen LogP contribution in [0.25, 0.3) is 0 Å². The van der Waals surface area contributed by atoms with Crippen LogP contribution in [0.1, 0.15) is 50.5 Å². The molecule has 2 aliphatic rings. The van der Waals surface area contributed by atoms with Crippen LogP contribution in [0.4, 0.5) is 18.9 Å². The first-order valence-corrected chi connectivity index (χ1v) is 9.82.